The number of carboxylic acids is 1. The number of urea groups is 1. The number of carboxylic acid groups (broad SMARTS) is 1. The van der Waals surface area contributed by atoms with Crippen molar-refractivity contribution >= 4 is 35.4 Å². The third-order valence-corrected chi connectivity index (χ3v) is 10.2. The van der Waals surface area contributed by atoms with E-state index in [1.54, 1.807) is 35.2 Å². The summed E-state index contributed by atoms with van der Waals surface area (Å²) in [6.45, 7) is 5.51. The number of anilines is 1. The van der Waals surface area contributed by atoms with Crippen molar-refractivity contribution < 1.29 is 32.7 Å². The molecule has 3 fully saturated rings. The Morgan fingerprint density at radius 1 is 1.10 bits per heavy atom. The lowest BCUT2D eigenvalue weighted by atomic mass is 9.49. The molecule has 0 heterocycles. The number of amides is 3. The summed E-state index contributed by atoms with van der Waals surface area (Å²) < 4.78 is 38.7. The number of halogens is 3. The highest BCUT2D eigenvalue weighted by Crippen LogP contribution is 2.84. The van der Waals surface area contributed by atoms with E-state index in [2.05, 4.69) is 24.5 Å². The number of nitrogens with one attached hydrogen (secondary N) is 2. The van der Waals surface area contributed by atoms with Gasteiger partial charge in [-0.25, -0.2) is 4.79 Å². The summed E-state index contributed by atoms with van der Waals surface area (Å²) in [4.78, 5) is 38.3. The molecule has 0 radical (unpaired) electrons. The minimum Gasteiger partial charge on any atom is -0.481 e. The zero-order valence-electron chi connectivity index (χ0n) is 23.7. The van der Waals surface area contributed by atoms with E-state index in [1.807, 2.05) is 0 Å². The SMILES string of the molecule is CC1(C)C2C[C@@H](CN(Cc3ccc(C(=O)NCCC(=O)O)cc3)C(=O)Nc3cccc(SC(F)(F)F)c3)CCC23CC13. The number of carbonyl (C=O) groups excluding carboxylic acids is 2. The Morgan fingerprint density at radius 2 is 1.83 bits per heavy atom. The first-order chi connectivity index (χ1) is 19.8. The van der Waals surface area contributed by atoms with Gasteiger partial charge in [0.05, 0.1) is 6.42 Å². The Hall–Kier alpha value is -3.21. The zero-order valence-corrected chi connectivity index (χ0v) is 24.5. The van der Waals surface area contributed by atoms with Crippen LogP contribution in [0.2, 0.25) is 0 Å². The third kappa shape index (κ3) is 6.55. The maximum absolute atomic E-state index is 13.6. The van der Waals surface area contributed by atoms with E-state index >= 15 is 0 Å². The number of aliphatic carboxylic acids is 1. The van der Waals surface area contributed by atoms with Gasteiger partial charge in [0, 0.05) is 35.8 Å². The molecule has 0 aliphatic heterocycles. The van der Waals surface area contributed by atoms with Crippen LogP contribution in [0, 0.1) is 28.6 Å². The largest absolute Gasteiger partial charge is 0.481 e. The topological polar surface area (TPSA) is 98.7 Å². The van der Waals surface area contributed by atoms with E-state index in [9.17, 15) is 27.6 Å². The standard InChI is InChI=1S/C31H36F3N3O4S/c1-29(2)24-14-20(10-12-30(24)16-25(29)30)18-37(28(41)36-22-4-3-5-23(15-22)42-31(32,33)34)17-19-6-8-21(9-7-19)27(40)35-13-11-26(38)39/h3-9,15,20,24-25H,10-14,16-18H2,1-2H3,(H,35,40)(H,36,41)(H,38,39)/t20-,24?,25?,30?/m0/s1. The van der Waals surface area contributed by atoms with Crippen molar-refractivity contribution in [1.82, 2.24) is 10.2 Å². The highest BCUT2D eigenvalue weighted by Gasteiger charge is 2.77. The summed E-state index contributed by atoms with van der Waals surface area (Å²) in [6.07, 6.45) is 4.41. The Balaban J connectivity index is 1.28. The van der Waals surface area contributed by atoms with Gasteiger partial charge in [0.2, 0.25) is 0 Å². The molecule has 226 valence electrons. The highest BCUT2D eigenvalue weighted by atomic mass is 32.2. The molecule has 2 aromatic rings. The molecule has 11 heteroatoms. The molecule has 3 unspecified atom stereocenters. The van der Waals surface area contributed by atoms with E-state index in [-0.39, 0.29) is 47.8 Å². The summed E-state index contributed by atoms with van der Waals surface area (Å²) in [5, 5.41) is 14.1. The average Bonchev–Trinajstić information content (AvgIpc) is 3.59. The number of carbonyl (C=O) groups is 3. The van der Waals surface area contributed by atoms with E-state index in [0.717, 1.165) is 24.3 Å². The molecule has 0 saturated heterocycles. The molecule has 3 N–H and O–H groups in total. The second kappa shape index (κ2) is 11.5. The van der Waals surface area contributed by atoms with Crippen LogP contribution in [0.25, 0.3) is 0 Å². The smallest absolute Gasteiger partial charge is 0.446 e. The summed E-state index contributed by atoms with van der Waals surface area (Å²) in [5.41, 5.74) is -2.14. The van der Waals surface area contributed by atoms with Crippen molar-refractivity contribution in [2.24, 2.45) is 28.6 Å². The number of alkyl halides is 3. The molecule has 4 atom stereocenters. The van der Waals surface area contributed by atoms with Gasteiger partial charge >= 0.3 is 17.5 Å². The van der Waals surface area contributed by atoms with Crippen molar-refractivity contribution in [2.75, 3.05) is 18.4 Å². The van der Waals surface area contributed by atoms with Crippen LogP contribution in [0.1, 0.15) is 61.9 Å². The van der Waals surface area contributed by atoms with E-state index in [1.165, 1.54) is 31.0 Å². The monoisotopic (exact) mass is 603 g/mol. The van der Waals surface area contributed by atoms with E-state index in [4.69, 9.17) is 5.11 Å². The number of nitrogens with zero attached hydrogens (tertiary/aromatic N) is 1. The number of hydrogen-bond acceptors (Lipinski definition) is 4. The minimum atomic E-state index is -4.43. The van der Waals surface area contributed by atoms with Gasteiger partial charge in [-0.1, -0.05) is 32.0 Å². The maximum Gasteiger partial charge on any atom is 0.446 e. The van der Waals surface area contributed by atoms with Crippen LogP contribution in [0.3, 0.4) is 0 Å². The highest BCUT2D eigenvalue weighted by molar-refractivity contribution is 8.00. The quantitative estimate of drug-likeness (QED) is 0.254. The van der Waals surface area contributed by atoms with Crippen LogP contribution in [0.15, 0.2) is 53.4 Å². The van der Waals surface area contributed by atoms with Gasteiger partial charge in [0.15, 0.2) is 0 Å². The predicted molar refractivity (Wildman–Crippen MR) is 154 cm³/mol. The van der Waals surface area contributed by atoms with Gasteiger partial charge in [0.1, 0.15) is 0 Å². The van der Waals surface area contributed by atoms with Crippen molar-refractivity contribution in [3.63, 3.8) is 0 Å². The lowest BCUT2D eigenvalue weighted by molar-refractivity contribution is -0.136. The van der Waals surface area contributed by atoms with E-state index < -0.39 is 17.5 Å². The molecular formula is C31H36F3N3O4S. The lowest BCUT2D eigenvalue weighted by Gasteiger charge is -2.56. The Bertz CT molecular complexity index is 1350. The first kappa shape index (κ1) is 30.3. The third-order valence-electron chi connectivity index (χ3n) is 9.49. The molecule has 3 aliphatic rings. The van der Waals surface area contributed by atoms with Gasteiger partial charge < -0.3 is 20.6 Å². The molecule has 42 heavy (non-hydrogen) atoms. The molecular weight excluding hydrogens is 567 g/mol. The fourth-order valence-corrected chi connectivity index (χ4v) is 8.15. The van der Waals surface area contributed by atoms with Gasteiger partial charge in [-0.15, -0.1) is 0 Å². The van der Waals surface area contributed by atoms with Crippen LogP contribution in [-0.4, -0.2) is 46.5 Å². The second-order valence-electron chi connectivity index (χ2n) is 12.5. The van der Waals surface area contributed by atoms with Crippen molar-refractivity contribution in [3.05, 3.63) is 59.7 Å². The average molecular weight is 604 g/mol. The lowest BCUT2D eigenvalue weighted by Crippen LogP contribution is -2.50. The normalized spacial score (nSPS) is 25.3. The first-order valence-electron chi connectivity index (χ1n) is 14.3. The first-order valence-corrected chi connectivity index (χ1v) is 15.1. The fourth-order valence-electron chi connectivity index (χ4n) is 7.55. The second-order valence-corrected chi connectivity index (χ2v) is 13.6. The maximum atomic E-state index is 13.6. The Kier molecular flexibility index (Phi) is 8.26. The van der Waals surface area contributed by atoms with Crippen LogP contribution in [-0.2, 0) is 11.3 Å². The zero-order chi connectivity index (χ0) is 30.3. The summed E-state index contributed by atoms with van der Waals surface area (Å²) >= 11 is -0.225. The Labute approximate surface area is 247 Å². The molecule has 7 nitrogen and oxygen atoms in total. The molecule has 3 aliphatic carbocycles. The summed E-state index contributed by atoms with van der Waals surface area (Å²) in [7, 11) is 0. The van der Waals surface area contributed by atoms with Crippen LogP contribution in [0.5, 0.6) is 0 Å². The molecule has 3 saturated carbocycles. The minimum absolute atomic E-state index is 0.00662. The van der Waals surface area contributed by atoms with Crippen molar-refractivity contribution in [3.8, 4) is 0 Å². The molecule has 0 aromatic heterocycles. The van der Waals surface area contributed by atoms with Crippen LogP contribution < -0.4 is 10.6 Å². The number of benzene rings is 2. The van der Waals surface area contributed by atoms with Crippen molar-refractivity contribution in [1.29, 1.82) is 0 Å². The van der Waals surface area contributed by atoms with Crippen LogP contribution >= 0.6 is 11.8 Å². The molecule has 1 spiro atoms. The summed E-state index contributed by atoms with van der Waals surface area (Å²) in [6, 6.07) is 12.1. The Morgan fingerprint density at radius 3 is 2.50 bits per heavy atom. The number of thioether (sulfide) groups is 1. The van der Waals surface area contributed by atoms with Crippen molar-refractivity contribution in [2.45, 2.75) is 62.9 Å². The van der Waals surface area contributed by atoms with Crippen LogP contribution in [0.4, 0.5) is 23.7 Å². The molecule has 5 rings (SSSR count). The van der Waals surface area contributed by atoms with Gasteiger partial charge in [-0.3, -0.25) is 9.59 Å². The molecule has 3 amide bonds. The van der Waals surface area contributed by atoms with Gasteiger partial charge in [0.25, 0.3) is 5.91 Å². The molecule has 0 bridgehead atoms. The fraction of sp³-hybridized carbons (Fsp3) is 0.516. The molecule has 2 aromatic carbocycles. The number of rotatable bonds is 10. The van der Waals surface area contributed by atoms with Gasteiger partial charge in [-0.2, -0.15) is 13.2 Å². The van der Waals surface area contributed by atoms with E-state index in [0.29, 0.717) is 34.8 Å². The summed E-state index contributed by atoms with van der Waals surface area (Å²) in [5.74, 6) is 0.400. The predicted octanol–water partition coefficient (Wildman–Crippen LogP) is 7.00. The number of hydrogen-bond donors (Lipinski definition) is 3. The van der Waals surface area contributed by atoms with Gasteiger partial charge in [-0.05, 0) is 102 Å².